The van der Waals surface area contributed by atoms with E-state index in [4.69, 9.17) is 0 Å². The van der Waals surface area contributed by atoms with Crippen LogP contribution in [-0.2, 0) is 37.9 Å². The molecule has 1 aromatic heterocycles. The first kappa shape index (κ1) is 27.4. The standard InChI is InChI=1S/C26H29FN4O6S3/c1-13-8-14(4-7-18(13)27)11-31-25(33)19(21(32)20-15-5-6-17(9-15)26(20,31)2)23-29-24-22(40(36,37)30-23)16(12-38-24)10-28-39(3,34)35/h4,7-8,12,15,17,20,28,32H,5-6,9-11H2,1-3H3,(H,29,30)/t15?,17?,20-,26-/m0/s1. The number of hydrogen-bond acceptors (Lipinski definition) is 8. The Balaban J connectivity index is 1.42. The van der Waals surface area contributed by atoms with Crippen molar-refractivity contribution in [3.8, 4) is 0 Å². The lowest BCUT2D eigenvalue weighted by atomic mass is 9.68. The molecular formula is C26H29FN4O6S3. The van der Waals surface area contributed by atoms with Crippen molar-refractivity contribution in [1.82, 2.24) is 9.62 Å². The Labute approximate surface area is 236 Å². The van der Waals surface area contributed by atoms with E-state index in [9.17, 15) is 31.1 Å². The number of aliphatic hydroxyl groups is 1. The van der Waals surface area contributed by atoms with E-state index in [-0.39, 0.29) is 63.4 Å². The first-order valence-electron chi connectivity index (χ1n) is 12.9. The highest BCUT2D eigenvalue weighted by molar-refractivity contribution is 7.91. The van der Waals surface area contributed by atoms with Gasteiger partial charge in [-0.2, -0.15) is 8.42 Å². The molecule has 3 heterocycles. The van der Waals surface area contributed by atoms with E-state index in [0.29, 0.717) is 5.56 Å². The molecule has 2 aliphatic heterocycles. The second kappa shape index (κ2) is 9.10. The van der Waals surface area contributed by atoms with Crippen LogP contribution < -0.4 is 10.0 Å². The summed E-state index contributed by atoms with van der Waals surface area (Å²) >= 11 is 1.04. The lowest BCUT2D eigenvalue weighted by Gasteiger charge is -2.52. The largest absolute Gasteiger partial charge is 0.511 e. The lowest BCUT2D eigenvalue weighted by molar-refractivity contribution is -0.141. The van der Waals surface area contributed by atoms with Gasteiger partial charge in [0.1, 0.15) is 27.0 Å². The molecule has 1 amide bonds. The summed E-state index contributed by atoms with van der Waals surface area (Å²) < 4.78 is 70.0. The molecular weight excluding hydrogens is 580 g/mol. The molecule has 6 rings (SSSR count). The van der Waals surface area contributed by atoms with Gasteiger partial charge in [-0.15, -0.1) is 15.7 Å². The summed E-state index contributed by atoms with van der Waals surface area (Å²) in [6.45, 7) is 3.56. The number of hydrogen-bond donors (Lipinski definition) is 3. The topological polar surface area (TPSA) is 145 Å². The molecule has 1 aromatic carbocycles. The fourth-order valence-corrected chi connectivity index (χ4v) is 10.1. The second-order valence-electron chi connectivity index (χ2n) is 11.3. The highest BCUT2D eigenvalue weighted by Crippen LogP contribution is 2.61. The van der Waals surface area contributed by atoms with Gasteiger partial charge in [0, 0.05) is 24.6 Å². The summed E-state index contributed by atoms with van der Waals surface area (Å²) in [5.41, 5.74) is 0.523. The number of halogens is 1. The Hall–Kier alpha value is -2.81. The SMILES string of the molecule is Cc1cc(CN2C(=O)C(C3=NS(=O)(=O)c4c(CNS(C)(=O)=O)csc4N3)=C(O)[C@@H]3C4CCC(C4)[C@@]32C)ccc1F. The molecule has 4 aliphatic rings. The highest BCUT2D eigenvalue weighted by atomic mass is 32.2. The first-order valence-corrected chi connectivity index (χ1v) is 17.1. The van der Waals surface area contributed by atoms with Crippen LogP contribution in [0.3, 0.4) is 0 Å². The average Bonchev–Trinajstić information content (AvgIpc) is 3.56. The van der Waals surface area contributed by atoms with E-state index in [1.807, 2.05) is 6.92 Å². The van der Waals surface area contributed by atoms with E-state index in [0.717, 1.165) is 42.4 Å². The Morgan fingerprint density at radius 3 is 2.77 bits per heavy atom. The summed E-state index contributed by atoms with van der Waals surface area (Å²) in [6, 6.07) is 4.68. The van der Waals surface area contributed by atoms with E-state index in [1.54, 1.807) is 24.0 Å². The fourth-order valence-electron chi connectivity index (χ4n) is 7.03. The minimum absolute atomic E-state index is 0.127. The van der Waals surface area contributed by atoms with Crippen molar-refractivity contribution in [2.24, 2.45) is 22.2 Å². The monoisotopic (exact) mass is 608 g/mol. The number of thiophene rings is 1. The number of fused-ring (bicyclic) bond motifs is 6. The third kappa shape index (κ3) is 4.18. The van der Waals surface area contributed by atoms with Crippen molar-refractivity contribution >= 4 is 48.1 Å². The van der Waals surface area contributed by atoms with Crippen molar-refractivity contribution < 1.29 is 31.1 Å². The third-order valence-electron chi connectivity index (χ3n) is 8.84. The molecule has 2 unspecified atom stereocenters. The molecule has 2 fully saturated rings. The molecule has 14 heteroatoms. The summed E-state index contributed by atoms with van der Waals surface area (Å²) in [5.74, 6) is -1.42. The average molecular weight is 609 g/mol. The van der Waals surface area contributed by atoms with E-state index in [1.165, 1.54) is 11.4 Å². The number of nitrogens with zero attached hydrogens (tertiary/aromatic N) is 2. The van der Waals surface area contributed by atoms with Crippen LogP contribution in [0.5, 0.6) is 0 Å². The number of amides is 1. The maximum atomic E-state index is 14.2. The minimum Gasteiger partial charge on any atom is -0.511 e. The molecule has 0 radical (unpaired) electrons. The number of carbonyl (C=O) groups is 1. The van der Waals surface area contributed by atoms with Crippen LogP contribution in [0.4, 0.5) is 9.39 Å². The predicted octanol–water partition coefficient (Wildman–Crippen LogP) is 3.42. The number of rotatable bonds is 6. The van der Waals surface area contributed by atoms with Gasteiger partial charge in [0.2, 0.25) is 10.0 Å². The molecule has 2 aliphatic carbocycles. The number of carbonyl (C=O) groups excluding carboxylic acids is 1. The maximum absolute atomic E-state index is 14.2. The molecule has 3 N–H and O–H groups in total. The zero-order valence-corrected chi connectivity index (χ0v) is 24.5. The van der Waals surface area contributed by atoms with Crippen molar-refractivity contribution in [3.63, 3.8) is 0 Å². The van der Waals surface area contributed by atoms with Crippen LogP contribution in [0.25, 0.3) is 0 Å². The molecule has 0 spiro atoms. The number of sulfonamides is 2. The molecule has 2 aromatic rings. The van der Waals surface area contributed by atoms with Gasteiger partial charge in [-0.3, -0.25) is 4.79 Å². The van der Waals surface area contributed by atoms with Crippen LogP contribution in [-0.4, -0.2) is 50.4 Å². The molecule has 2 saturated carbocycles. The number of anilines is 1. The third-order valence-corrected chi connectivity index (χ3v) is 12.0. The van der Waals surface area contributed by atoms with Crippen LogP contribution in [0.15, 0.2) is 44.2 Å². The molecule has 2 bridgehead atoms. The molecule has 0 saturated heterocycles. The number of aryl methyl sites for hydroxylation is 1. The van der Waals surface area contributed by atoms with Gasteiger partial charge in [-0.05, 0) is 67.5 Å². The van der Waals surface area contributed by atoms with Gasteiger partial charge in [0.05, 0.1) is 11.8 Å². The fraction of sp³-hybridized carbons (Fsp3) is 0.462. The van der Waals surface area contributed by atoms with Crippen molar-refractivity contribution in [3.05, 3.63) is 57.4 Å². The summed E-state index contributed by atoms with van der Waals surface area (Å²) in [7, 11) is -7.90. The Morgan fingerprint density at radius 2 is 2.08 bits per heavy atom. The second-order valence-corrected chi connectivity index (χ2v) is 15.5. The first-order chi connectivity index (χ1) is 18.7. The smallest absolute Gasteiger partial charge is 0.287 e. The molecule has 10 nitrogen and oxygen atoms in total. The number of benzene rings is 1. The van der Waals surface area contributed by atoms with Gasteiger partial charge in [-0.25, -0.2) is 17.5 Å². The Kier molecular flexibility index (Phi) is 6.22. The van der Waals surface area contributed by atoms with Gasteiger partial charge >= 0.3 is 0 Å². The number of amidine groups is 1. The molecule has 40 heavy (non-hydrogen) atoms. The van der Waals surface area contributed by atoms with Gasteiger partial charge in [0.15, 0.2) is 5.84 Å². The zero-order chi connectivity index (χ0) is 28.8. The maximum Gasteiger partial charge on any atom is 0.287 e. The lowest BCUT2D eigenvalue weighted by Crippen LogP contribution is -2.61. The number of aliphatic hydroxyl groups excluding tert-OH is 1. The van der Waals surface area contributed by atoms with Crippen molar-refractivity contribution in [1.29, 1.82) is 0 Å². The van der Waals surface area contributed by atoms with Crippen molar-refractivity contribution in [2.75, 3.05) is 11.6 Å². The van der Waals surface area contributed by atoms with E-state index >= 15 is 0 Å². The normalized spacial score (nSPS) is 28.8. The van der Waals surface area contributed by atoms with Crippen LogP contribution in [0.1, 0.15) is 42.9 Å². The van der Waals surface area contributed by atoms with E-state index < -0.39 is 37.4 Å². The van der Waals surface area contributed by atoms with Crippen LogP contribution in [0, 0.1) is 30.5 Å². The number of nitrogens with one attached hydrogen (secondary N) is 2. The molecule has 214 valence electrons. The Morgan fingerprint density at radius 1 is 1.32 bits per heavy atom. The van der Waals surface area contributed by atoms with E-state index in [2.05, 4.69) is 14.4 Å². The van der Waals surface area contributed by atoms with Crippen molar-refractivity contribution in [2.45, 2.75) is 56.6 Å². The van der Waals surface area contributed by atoms with Crippen LogP contribution >= 0.6 is 11.3 Å². The summed E-state index contributed by atoms with van der Waals surface area (Å²) in [5, 5.41) is 16.2. The quantitative estimate of drug-likeness (QED) is 0.456. The summed E-state index contributed by atoms with van der Waals surface area (Å²) in [4.78, 5) is 15.7. The van der Waals surface area contributed by atoms with Gasteiger partial charge in [0.25, 0.3) is 15.9 Å². The van der Waals surface area contributed by atoms with Gasteiger partial charge in [-0.1, -0.05) is 12.1 Å². The minimum atomic E-state index is -4.33. The molecule has 4 atom stereocenters. The predicted molar refractivity (Wildman–Crippen MR) is 148 cm³/mol. The zero-order valence-electron chi connectivity index (χ0n) is 22.1. The van der Waals surface area contributed by atoms with Crippen LogP contribution in [0.2, 0.25) is 0 Å². The summed E-state index contributed by atoms with van der Waals surface area (Å²) in [6.07, 6.45) is 3.63. The Bertz CT molecular complexity index is 1730. The highest BCUT2D eigenvalue weighted by Gasteiger charge is 2.64. The van der Waals surface area contributed by atoms with Gasteiger partial charge < -0.3 is 15.3 Å².